The molecule has 0 radical (unpaired) electrons. The normalized spacial score (nSPS) is 28.2. The van der Waals surface area contributed by atoms with E-state index in [4.69, 9.17) is 10.5 Å². The first-order valence-electron chi connectivity index (χ1n) is 8.63. The van der Waals surface area contributed by atoms with Crippen molar-refractivity contribution >= 4 is 58.1 Å². The molecule has 2 aliphatic heterocycles. The van der Waals surface area contributed by atoms with Gasteiger partial charge < -0.3 is 25.8 Å². The molecule has 1 unspecified atom stereocenters. The number of β-lactam (4-membered cyclic amide) rings is 1. The van der Waals surface area contributed by atoms with Crippen LogP contribution in [0, 0.1) is 3.57 Å². The number of methoxy groups -OCH3 is 1. The minimum absolute atomic E-state index is 0.539. The molecule has 1 aromatic carbocycles. The fraction of sp³-hybridized carbons (Fsp3) is 0.444. The first-order valence-corrected chi connectivity index (χ1v) is 10.6. The number of fused-ring (bicyclic) bond motifs is 1. The van der Waals surface area contributed by atoms with Crippen LogP contribution < -0.4 is 11.1 Å². The van der Waals surface area contributed by atoms with Crippen molar-refractivity contribution in [2.75, 3.05) is 7.11 Å². The van der Waals surface area contributed by atoms with Crippen molar-refractivity contribution in [1.29, 1.82) is 0 Å². The number of rotatable bonds is 5. The Kier molecular flexibility index (Phi) is 5.60. The highest BCUT2D eigenvalue weighted by atomic mass is 127. The first kappa shape index (κ1) is 21.8. The number of hydrogen-bond acceptors (Lipinski definition) is 7. The predicted molar refractivity (Wildman–Crippen MR) is 113 cm³/mol. The summed E-state index contributed by atoms with van der Waals surface area (Å²) < 4.78 is 4.69. The molecule has 2 saturated heterocycles. The minimum atomic E-state index is -2.02. The van der Waals surface area contributed by atoms with E-state index in [0.29, 0.717) is 5.56 Å². The number of carboxylic acids is 1. The van der Waals surface area contributed by atoms with Gasteiger partial charge in [-0.05, 0) is 48.1 Å². The maximum Gasteiger partial charge on any atom is 0.344 e. The van der Waals surface area contributed by atoms with Gasteiger partial charge in [0.05, 0.1) is 7.11 Å². The fourth-order valence-electron chi connectivity index (χ4n) is 3.72. The van der Waals surface area contributed by atoms with E-state index in [1.165, 1.54) is 0 Å². The van der Waals surface area contributed by atoms with E-state index in [-0.39, 0.29) is 0 Å². The summed E-state index contributed by atoms with van der Waals surface area (Å²) in [4.78, 5) is 51.4. The Morgan fingerprint density at radius 1 is 1.34 bits per heavy atom. The topological polar surface area (TPSA) is 139 Å². The zero-order valence-electron chi connectivity index (χ0n) is 15.8. The number of amides is 2. The van der Waals surface area contributed by atoms with Crippen molar-refractivity contribution in [3.63, 3.8) is 0 Å². The van der Waals surface area contributed by atoms with Gasteiger partial charge in [-0.15, -0.1) is 11.8 Å². The molecule has 0 aliphatic carbocycles. The average molecular weight is 533 g/mol. The smallest absolute Gasteiger partial charge is 0.344 e. The summed E-state index contributed by atoms with van der Waals surface area (Å²) in [5, 5.41) is 11.1. The lowest BCUT2D eigenvalue weighted by Gasteiger charge is -2.50. The van der Waals surface area contributed by atoms with Gasteiger partial charge >= 0.3 is 11.9 Å². The number of esters is 1. The van der Waals surface area contributed by atoms with Crippen molar-refractivity contribution in [2.24, 2.45) is 5.73 Å². The highest BCUT2D eigenvalue weighted by molar-refractivity contribution is 14.1. The Balaban J connectivity index is 1.95. The number of carbonyl (C=O) groups is 4. The molecule has 156 valence electrons. The second-order valence-electron chi connectivity index (χ2n) is 7.31. The largest absolute Gasteiger partial charge is 0.480 e. The van der Waals surface area contributed by atoms with Crippen LogP contribution >= 0.6 is 34.4 Å². The van der Waals surface area contributed by atoms with E-state index < -0.39 is 51.5 Å². The van der Waals surface area contributed by atoms with Gasteiger partial charge in [-0.25, -0.2) is 9.59 Å². The molecule has 2 amide bonds. The molecule has 2 heterocycles. The predicted octanol–water partition coefficient (Wildman–Crippen LogP) is 0.466. The maximum absolute atomic E-state index is 13.0. The molecular weight excluding hydrogens is 513 g/mol. The standard InChI is InChI=1S/C18H20IN3O6S/c1-17(2)11(13(24)25)22-14(26)18(15(22)29-17,16(27)28-3)21-12(23)10(20)8-6-4-5-7-9(8)19/h4-7,10-11,15H,20H2,1-3H3,(H,21,23)(H,24,25)/t10?,11-,15+,18-/m0/s1. The van der Waals surface area contributed by atoms with E-state index >= 15 is 0 Å². The third kappa shape index (κ3) is 3.19. The number of carbonyl (C=O) groups excluding carboxylic acids is 3. The van der Waals surface area contributed by atoms with Crippen LogP contribution in [0.15, 0.2) is 24.3 Å². The van der Waals surface area contributed by atoms with Crippen molar-refractivity contribution in [1.82, 2.24) is 10.2 Å². The van der Waals surface area contributed by atoms with E-state index in [0.717, 1.165) is 27.3 Å². The van der Waals surface area contributed by atoms with Crippen LogP contribution in [-0.4, -0.2) is 62.6 Å². The molecule has 2 aliphatic rings. The lowest BCUT2D eigenvalue weighted by atomic mass is 9.84. The highest BCUT2D eigenvalue weighted by Gasteiger charge is 2.76. The van der Waals surface area contributed by atoms with Crippen molar-refractivity contribution in [3.8, 4) is 0 Å². The summed E-state index contributed by atoms with van der Waals surface area (Å²) in [6.45, 7) is 3.34. The average Bonchev–Trinajstić information content (AvgIpc) is 2.93. The monoisotopic (exact) mass is 533 g/mol. The van der Waals surface area contributed by atoms with E-state index in [2.05, 4.69) is 5.32 Å². The van der Waals surface area contributed by atoms with Gasteiger partial charge in [0.1, 0.15) is 17.5 Å². The van der Waals surface area contributed by atoms with Crippen LogP contribution in [0.3, 0.4) is 0 Å². The van der Waals surface area contributed by atoms with Gasteiger partial charge in [0, 0.05) is 8.32 Å². The van der Waals surface area contributed by atoms with Crippen molar-refractivity contribution < 1.29 is 29.0 Å². The Morgan fingerprint density at radius 3 is 2.52 bits per heavy atom. The molecular formula is C18H20IN3O6S. The Hall–Kier alpha value is -1.86. The Labute approximate surface area is 184 Å². The van der Waals surface area contributed by atoms with Gasteiger partial charge in [-0.1, -0.05) is 18.2 Å². The van der Waals surface area contributed by atoms with E-state index in [1.807, 2.05) is 22.6 Å². The third-order valence-corrected chi connectivity index (χ3v) is 7.75. The lowest BCUT2D eigenvalue weighted by molar-refractivity contribution is -0.180. The number of halogens is 1. The summed E-state index contributed by atoms with van der Waals surface area (Å²) in [5.41, 5.74) is 4.60. The van der Waals surface area contributed by atoms with Gasteiger partial charge in [-0.3, -0.25) is 9.59 Å². The summed E-state index contributed by atoms with van der Waals surface area (Å²) >= 11 is 3.16. The zero-order chi connectivity index (χ0) is 21.7. The molecule has 3 rings (SSSR count). The molecule has 2 fully saturated rings. The molecule has 0 spiro atoms. The Bertz CT molecular complexity index is 909. The van der Waals surface area contributed by atoms with Gasteiger partial charge in [0.15, 0.2) is 0 Å². The van der Waals surface area contributed by atoms with Crippen molar-refractivity contribution in [3.05, 3.63) is 33.4 Å². The van der Waals surface area contributed by atoms with Gasteiger partial charge in [-0.2, -0.15) is 0 Å². The van der Waals surface area contributed by atoms with Crippen LogP contribution in [0.1, 0.15) is 25.5 Å². The summed E-state index contributed by atoms with van der Waals surface area (Å²) in [7, 11) is 1.10. The molecule has 0 aromatic heterocycles. The molecule has 4 N–H and O–H groups in total. The highest BCUT2D eigenvalue weighted by Crippen LogP contribution is 2.55. The van der Waals surface area contributed by atoms with Crippen LogP contribution in [0.4, 0.5) is 0 Å². The van der Waals surface area contributed by atoms with E-state index in [9.17, 15) is 24.3 Å². The summed E-state index contributed by atoms with van der Waals surface area (Å²) in [6, 6.07) is 4.72. The molecule has 9 nitrogen and oxygen atoms in total. The SMILES string of the molecule is COC(=O)[C@]1(NC(=O)C(N)c2ccccc2I)C(=O)N2[C@@H](C(=O)O)C(C)(C)S[C@@H]21. The number of nitrogens with zero attached hydrogens (tertiary/aromatic N) is 1. The summed E-state index contributed by atoms with van der Waals surface area (Å²) in [5.74, 6) is -3.69. The van der Waals surface area contributed by atoms with Gasteiger partial charge in [0.2, 0.25) is 11.4 Å². The van der Waals surface area contributed by atoms with Crippen LogP contribution in [0.2, 0.25) is 0 Å². The number of nitrogens with two attached hydrogens (primary N) is 1. The number of ether oxygens (including phenoxy) is 1. The molecule has 29 heavy (non-hydrogen) atoms. The molecule has 4 atom stereocenters. The molecule has 1 aromatic rings. The number of carboxylic acid groups (broad SMARTS) is 1. The van der Waals surface area contributed by atoms with Crippen LogP contribution in [0.25, 0.3) is 0 Å². The quantitative estimate of drug-likeness (QED) is 0.215. The fourth-order valence-corrected chi connectivity index (χ4v) is 6.12. The van der Waals surface area contributed by atoms with Crippen LogP contribution in [0.5, 0.6) is 0 Å². The van der Waals surface area contributed by atoms with Gasteiger partial charge in [0.25, 0.3) is 5.91 Å². The summed E-state index contributed by atoms with van der Waals surface area (Å²) in [6.07, 6.45) is 0. The Morgan fingerprint density at radius 2 is 1.97 bits per heavy atom. The van der Waals surface area contributed by atoms with Crippen LogP contribution in [-0.2, 0) is 23.9 Å². The number of thioether (sulfide) groups is 1. The third-order valence-electron chi connectivity index (χ3n) is 5.13. The number of aliphatic carboxylic acids is 1. The first-order chi connectivity index (χ1) is 13.5. The second kappa shape index (κ2) is 7.43. The maximum atomic E-state index is 13.0. The number of benzene rings is 1. The molecule has 11 heteroatoms. The molecule has 0 bridgehead atoms. The molecule has 0 saturated carbocycles. The van der Waals surface area contributed by atoms with E-state index in [1.54, 1.807) is 38.1 Å². The minimum Gasteiger partial charge on any atom is -0.480 e. The number of nitrogens with one attached hydrogen (secondary N) is 1. The zero-order valence-corrected chi connectivity index (χ0v) is 18.8. The van der Waals surface area contributed by atoms with Crippen molar-refractivity contribution in [2.45, 2.75) is 41.6 Å². The number of hydrogen-bond donors (Lipinski definition) is 3. The lowest BCUT2D eigenvalue weighted by Crippen LogP contribution is -2.83. The second-order valence-corrected chi connectivity index (χ2v) is 10.2.